The van der Waals surface area contributed by atoms with Crippen LogP contribution in [-0.2, 0) is 0 Å². The molecule has 2 aromatic carbocycles. The number of rotatable bonds is 4. The lowest BCUT2D eigenvalue weighted by Crippen LogP contribution is -2.10. The lowest BCUT2D eigenvalue weighted by atomic mass is 10.1. The molecule has 3 N–H and O–H groups in total. The molecular weight excluding hydrogens is 276 g/mol. The molecule has 0 saturated heterocycles. The molecule has 0 amide bonds. The molecule has 0 heterocycles. The van der Waals surface area contributed by atoms with Gasteiger partial charge in [0.25, 0.3) is 0 Å². The van der Waals surface area contributed by atoms with Crippen molar-refractivity contribution in [1.82, 2.24) is 0 Å². The fraction of sp³-hybridized carbons (Fsp3) is 0.0667. The third-order valence-electron chi connectivity index (χ3n) is 2.82. The molecule has 0 unspecified atom stereocenters. The average Bonchev–Trinajstić information content (AvgIpc) is 2.42. The molecule has 0 bridgehead atoms. The van der Waals surface area contributed by atoms with Crippen molar-refractivity contribution in [2.45, 2.75) is 6.92 Å². The van der Waals surface area contributed by atoms with Gasteiger partial charge in [0.2, 0.25) is 0 Å². The van der Waals surface area contributed by atoms with Gasteiger partial charge in [-0.15, -0.1) is 0 Å². The van der Waals surface area contributed by atoms with Gasteiger partial charge in [0.05, 0.1) is 0 Å². The van der Waals surface area contributed by atoms with Crippen molar-refractivity contribution in [1.29, 1.82) is 0 Å². The fourth-order valence-electron chi connectivity index (χ4n) is 1.82. The summed E-state index contributed by atoms with van der Waals surface area (Å²) in [7, 11) is 0. The number of carboxylic acids is 2. The Morgan fingerprint density at radius 3 is 2.00 bits per heavy atom. The molecule has 0 aliphatic carbocycles. The molecule has 0 aromatic heterocycles. The molecule has 2 aromatic rings. The van der Waals surface area contributed by atoms with E-state index in [1.807, 2.05) is 6.92 Å². The van der Waals surface area contributed by atoms with Crippen LogP contribution < -0.4 is 4.74 Å². The summed E-state index contributed by atoms with van der Waals surface area (Å²) in [4.78, 5) is 22.4. The van der Waals surface area contributed by atoms with Crippen LogP contribution in [-0.4, -0.2) is 27.3 Å². The number of aromatic carboxylic acids is 2. The minimum atomic E-state index is -1.54. The topological polar surface area (TPSA) is 104 Å². The van der Waals surface area contributed by atoms with Gasteiger partial charge < -0.3 is 20.1 Å². The van der Waals surface area contributed by atoms with Crippen LogP contribution in [0.1, 0.15) is 26.3 Å². The number of carbonyl (C=O) groups is 2. The summed E-state index contributed by atoms with van der Waals surface area (Å²) in [6.45, 7) is 1.88. The molecule has 0 spiro atoms. The molecule has 0 radical (unpaired) electrons. The Bertz CT molecular complexity index is 703. The zero-order valence-electron chi connectivity index (χ0n) is 11.0. The lowest BCUT2D eigenvalue weighted by Gasteiger charge is -2.12. The standard InChI is InChI=1S/C15H12O6/c1-8-2-4-9(5-3-8)21-11-7-6-10(16)12(14(17)18)13(11)15(19)20/h2-7,16H,1H3,(H,17,18)(H,19,20). The van der Waals surface area contributed by atoms with Gasteiger partial charge in [0.15, 0.2) is 0 Å². The lowest BCUT2D eigenvalue weighted by molar-refractivity contribution is 0.0646. The van der Waals surface area contributed by atoms with Crippen LogP contribution in [0, 0.1) is 6.92 Å². The van der Waals surface area contributed by atoms with Crippen molar-refractivity contribution >= 4 is 11.9 Å². The first kappa shape index (κ1) is 14.4. The zero-order chi connectivity index (χ0) is 15.6. The second kappa shape index (κ2) is 5.54. The summed E-state index contributed by atoms with van der Waals surface area (Å²) < 4.78 is 5.42. The van der Waals surface area contributed by atoms with E-state index in [0.29, 0.717) is 5.75 Å². The number of aryl methyl sites for hydroxylation is 1. The fourth-order valence-corrected chi connectivity index (χ4v) is 1.82. The summed E-state index contributed by atoms with van der Waals surface area (Å²) in [6, 6.07) is 9.11. The number of hydrogen-bond donors (Lipinski definition) is 3. The van der Waals surface area contributed by atoms with Crippen molar-refractivity contribution < 1.29 is 29.6 Å². The van der Waals surface area contributed by atoms with Gasteiger partial charge in [-0.3, -0.25) is 0 Å². The van der Waals surface area contributed by atoms with Crippen LogP contribution >= 0.6 is 0 Å². The average molecular weight is 288 g/mol. The highest BCUT2D eigenvalue weighted by atomic mass is 16.5. The van der Waals surface area contributed by atoms with Gasteiger partial charge in [-0.2, -0.15) is 0 Å². The molecule has 0 aliphatic rings. The SMILES string of the molecule is Cc1ccc(Oc2ccc(O)c(C(=O)O)c2C(=O)O)cc1. The Morgan fingerprint density at radius 2 is 1.48 bits per heavy atom. The van der Waals surface area contributed by atoms with Gasteiger partial charge in [-0.05, 0) is 31.2 Å². The molecule has 0 aliphatic heterocycles. The second-order valence-electron chi connectivity index (χ2n) is 4.36. The van der Waals surface area contributed by atoms with Crippen molar-refractivity contribution in [2.75, 3.05) is 0 Å². The Labute approximate surface area is 119 Å². The molecule has 0 saturated carbocycles. The summed E-state index contributed by atoms with van der Waals surface area (Å²) >= 11 is 0. The van der Waals surface area contributed by atoms with Crippen LogP contribution in [0.5, 0.6) is 17.2 Å². The van der Waals surface area contributed by atoms with E-state index in [1.165, 1.54) is 6.07 Å². The number of phenols is 1. The highest BCUT2D eigenvalue weighted by Crippen LogP contribution is 2.33. The summed E-state index contributed by atoms with van der Waals surface area (Å²) in [6.07, 6.45) is 0. The number of carboxylic acid groups (broad SMARTS) is 2. The summed E-state index contributed by atoms with van der Waals surface area (Å²) in [5.41, 5.74) is -0.298. The predicted octanol–water partition coefficient (Wildman–Crippen LogP) is 2.89. The van der Waals surface area contributed by atoms with E-state index in [4.69, 9.17) is 9.84 Å². The molecule has 2 rings (SSSR count). The maximum atomic E-state index is 11.3. The van der Waals surface area contributed by atoms with E-state index >= 15 is 0 Å². The molecule has 6 heteroatoms. The molecule has 0 fully saturated rings. The van der Waals surface area contributed by atoms with Gasteiger partial charge in [0.1, 0.15) is 28.4 Å². The Balaban J connectivity index is 2.53. The van der Waals surface area contributed by atoms with Crippen LogP contribution in [0.2, 0.25) is 0 Å². The number of aromatic hydroxyl groups is 1. The second-order valence-corrected chi connectivity index (χ2v) is 4.36. The van der Waals surface area contributed by atoms with Crippen molar-refractivity contribution in [3.05, 3.63) is 53.1 Å². The molecule has 21 heavy (non-hydrogen) atoms. The molecule has 6 nitrogen and oxygen atoms in total. The van der Waals surface area contributed by atoms with Gasteiger partial charge in [0, 0.05) is 0 Å². The number of ether oxygens (including phenoxy) is 1. The first-order valence-corrected chi connectivity index (χ1v) is 5.97. The first-order valence-electron chi connectivity index (χ1n) is 5.97. The molecule has 108 valence electrons. The predicted molar refractivity (Wildman–Crippen MR) is 73.3 cm³/mol. The van der Waals surface area contributed by atoms with Gasteiger partial charge >= 0.3 is 11.9 Å². The first-order chi connectivity index (χ1) is 9.90. The highest BCUT2D eigenvalue weighted by molar-refractivity contribution is 6.05. The van der Waals surface area contributed by atoms with E-state index in [1.54, 1.807) is 24.3 Å². The van der Waals surface area contributed by atoms with Crippen LogP contribution in [0.25, 0.3) is 0 Å². The zero-order valence-corrected chi connectivity index (χ0v) is 11.0. The third-order valence-corrected chi connectivity index (χ3v) is 2.82. The maximum Gasteiger partial charge on any atom is 0.340 e. The highest BCUT2D eigenvalue weighted by Gasteiger charge is 2.25. The van der Waals surface area contributed by atoms with E-state index in [-0.39, 0.29) is 5.75 Å². The summed E-state index contributed by atoms with van der Waals surface area (Å²) in [5.74, 6) is -3.45. The van der Waals surface area contributed by atoms with Crippen LogP contribution in [0.15, 0.2) is 36.4 Å². The monoisotopic (exact) mass is 288 g/mol. The van der Waals surface area contributed by atoms with Crippen LogP contribution in [0.4, 0.5) is 0 Å². The minimum absolute atomic E-state index is 0.151. The van der Waals surface area contributed by atoms with Crippen molar-refractivity contribution in [3.63, 3.8) is 0 Å². The van der Waals surface area contributed by atoms with E-state index in [0.717, 1.165) is 11.6 Å². The van der Waals surface area contributed by atoms with Crippen LogP contribution in [0.3, 0.4) is 0 Å². The smallest absolute Gasteiger partial charge is 0.340 e. The Kier molecular flexibility index (Phi) is 3.80. The van der Waals surface area contributed by atoms with Crippen molar-refractivity contribution in [3.8, 4) is 17.2 Å². The van der Waals surface area contributed by atoms with E-state index < -0.39 is 28.8 Å². The normalized spacial score (nSPS) is 10.1. The Morgan fingerprint density at radius 1 is 0.905 bits per heavy atom. The largest absolute Gasteiger partial charge is 0.507 e. The quantitative estimate of drug-likeness (QED) is 0.799. The maximum absolute atomic E-state index is 11.3. The molecule has 0 atom stereocenters. The Hall–Kier alpha value is -3.02. The van der Waals surface area contributed by atoms with E-state index in [9.17, 15) is 19.8 Å². The van der Waals surface area contributed by atoms with Gasteiger partial charge in [-0.1, -0.05) is 17.7 Å². The van der Waals surface area contributed by atoms with Crippen molar-refractivity contribution in [2.24, 2.45) is 0 Å². The summed E-state index contributed by atoms with van der Waals surface area (Å²) in [5, 5.41) is 27.8. The van der Waals surface area contributed by atoms with Gasteiger partial charge in [-0.25, -0.2) is 9.59 Å². The molecular formula is C15H12O6. The number of hydrogen-bond acceptors (Lipinski definition) is 4. The minimum Gasteiger partial charge on any atom is -0.507 e. The van der Waals surface area contributed by atoms with E-state index in [2.05, 4.69) is 0 Å². The third kappa shape index (κ3) is 2.94. The number of benzene rings is 2.